The quantitative estimate of drug-likeness (QED) is 0.0500. The number of amidine groups is 1. The highest BCUT2D eigenvalue weighted by Gasteiger charge is 2.24. The summed E-state index contributed by atoms with van der Waals surface area (Å²) < 4.78 is 56.4. The molecule has 6 aromatic carbocycles. The number of hydrogen-bond donors (Lipinski definition) is 3. The van der Waals surface area contributed by atoms with E-state index in [2.05, 4.69) is 20.3 Å². The first-order valence-electron chi connectivity index (χ1n) is 21.2. The molecule has 16 nitrogen and oxygen atoms in total. The number of halogens is 6. The van der Waals surface area contributed by atoms with Gasteiger partial charge < -0.3 is 20.6 Å². The number of nitrogens with zero attached hydrogens (tertiary/aromatic N) is 7. The molecule has 0 unspecified atom stereocenters. The van der Waals surface area contributed by atoms with Crippen molar-refractivity contribution in [3.8, 4) is 68.0 Å². The molecule has 3 heterocycles. The van der Waals surface area contributed by atoms with E-state index in [9.17, 15) is 26.7 Å². The van der Waals surface area contributed by atoms with Gasteiger partial charge in [0.15, 0.2) is 31.2 Å². The van der Waals surface area contributed by atoms with Crippen molar-refractivity contribution < 1.29 is 36.5 Å². The van der Waals surface area contributed by atoms with Crippen LogP contribution in [-0.2, 0) is 19.7 Å². The standard InChI is InChI=1S/C25H17Cl3N4O3S.C23H15Cl3N2O4S.C2H6N2O/c1-14-29-25(35-31-14)21-13-32(24(30-21)23-18(26)7-4-8-19(23)27)22-10-9-16(12-20(22)28)15-5-3-6-17(11-15)36(2,33)34;1-33(31,32)15-5-2-4-13(10-15)14-8-9-20(18(26)11-14)28-12-19(23(29)30)27-22(28)21-16(24)6-3-7-17(21)25;1-2(3)4-5/h3-13H,1-2H3;2-12H,1H3,(H,29,30);5H,1H3,(H2,3,4). The molecule has 4 N–H and O–H groups in total. The van der Waals surface area contributed by atoms with E-state index in [1.807, 2.05) is 18.2 Å². The number of benzene rings is 6. The van der Waals surface area contributed by atoms with Crippen LogP contribution >= 0.6 is 69.6 Å². The molecule has 0 aliphatic heterocycles. The van der Waals surface area contributed by atoms with Crippen LogP contribution in [0.25, 0.3) is 68.0 Å². The van der Waals surface area contributed by atoms with Gasteiger partial charge >= 0.3 is 5.97 Å². The molecule has 0 atom stereocenters. The predicted molar refractivity (Wildman–Crippen MR) is 289 cm³/mol. The summed E-state index contributed by atoms with van der Waals surface area (Å²) in [6.45, 7) is 3.21. The Morgan fingerprint density at radius 3 is 1.38 bits per heavy atom. The maximum atomic E-state index is 12.0. The van der Waals surface area contributed by atoms with E-state index in [1.54, 1.807) is 115 Å². The van der Waals surface area contributed by atoms with Gasteiger partial charge in [0.1, 0.15) is 23.2 Å². The molecule has 0 aliphatic carbocycles. The molecule has 0 saturated heterocycles. The van der Waals surface area contributed by atoms with Crippen molar-refractivity contribution in [3.63, 3.8) is 0 Å². The Bertz CT molecular complexity index is 3840. The fourth-order valence-electron chi connectivity index (χ4n) is 7.09. The van der Waals surface area contributed by atoms with Gasteiger partial charge in [-0.25, -0.2) is 31.6 Å². The van der Waals surface area contributed by atoms with Crippen LogP contribution in [0, 0.1) is 6.92 Å². The van der Waals surface area contributed by atoms with Crippen LogP contribution in [0.2, 0.25) is 30.1 Å². The number of aromatic nitrogens is 6. The minimum atomic E-state index is -3.37. The topological polar surface area (TPSA) is 239 Å². The number of aryl methyl sites for hydroxylation is 1. The second-order valence-electron chi connectivity index (χ2n) is 16.0. The van der Waals surface area contributed by atoms with Crippen molar-refractivity contribution in [1.29, 1.82) is 0 Å². The van der Waals surface area contributed by atoms with E-state index in [-0.39, 0.29) is 38.1 Å². The van der Waals surface area contributed by atoms with E-state index >= 15 is 0 Å². The third kappa shape index (κ3) is 12.6. The molecule has 0 bridgehead atoms. The van der Waals surface area contributed by atoms with E-state index in [4.69, 9.17) is 90.1 Å². The zero-order valence-electron chi connectivity index (χ0n) is 38.8. The molecule has 380 valence electrons. The van der Waals surface area contributed by atoms with Crippen molar-refractivity contribution >= 4 is 101 Å². The number of sulfone groups is 2. The summed E-state index contributed by atoms with van der Waals surface area (Å²) in [5.74, 6) is 0.326. The highest BCUT2D eigenvalue weighted by Crippen LogP contribution is 2.40. The van der Waals surface area contributed by atoms with Gasteiger partial charge in [0.2, 0.25) is 0 Å². The van der Waals surface area contributed by atoms with Gasteiger partial charge in [0.05, 0.1) is 62.4 Å². The highest BCUT2D eigenvalue weighted by atomic mass is 35.5. The number of carbonyl (C=O) groups is 1. The molecular formula is C50H38Cl6N8O8S2. The van der Waals surface area contributed by atoms with Gasteiger partial charge in [-0.05, 0) is 109 Å². The number of carboxylic acid groups (broad SMARTS) is 1. The van der Waals surface area contributed by atoms with Crippen molar-refractivity contribution in [2.75, 3.05) is 12.5 Å². The number of aromatic carboxylic acids is 1. The van der Waals surface area contributed by atoms with Crippen LogP contribution in [0.4, 0.5) is 0 Å². The first-order chi connectivity index (χ1) is 34.9. The van der Waals surface area contributed by atoms with Crippen LogP contribution in [-0.4, -0.2) is 80.7 Å². The Morgan fingerprint density at radius 1 is 0.595 bits per heavy atom. The molecule has 24 heteroatoms. The number of nitrogens with two attached hydrogens (primary N) is 1. The molecule has 9 aromatic rings. The predicted octanol–water partition coefficient (Wildman–Crippen LogP) is 12.9. The largest absolute Gasteiger partial charge is 0.476 e. The average Bonchev–Trinajstić information content (AvgIpc) is 4.11. The van der Waals surface area contributed by atoms with Crippen molar-refractivity contribution in [1.82, 2.24) is 29.2 Å². The third-order valence-corrected chi connectivity index (χ3v) is 14.6. The maximum absolute atomic E-state index is 12.0. The fraction of sp³-hybridized carbons (Fsp3) is 0.0800. The molecule has 0 spiro atoms. The molecule has 0 aliphatic rings. The first kappa shape index (κ1) is 55.0. The highest BCUT2D eigenvalue weighted by molar-refractivity contribution is 7.91. The molecule has 9 rings (SSSR count). The van der Waals surface area contributed by atoms with Gasteiger partial charge in [-0.2, -0.15) is 4.98 Å². The Morgan fingerprint density at radius 2 is 1.00 bits per heavy atom. The number of oxime groups is 1. The molecular weight excluding hydrogens is 1120 g/mol. The summed E-state index contributed by atoms with van der Waals surface area (Å²) in [5, 5.41) is 25.6. The second-order valence-corrected chi connectivity index (χ2v) is 22.4. The summed E-state index contributed by atoms with van der Waals surface area (Å²) in [7, 11) is -6.72. The third-order valence-electron chi connectivity index (χ3n) is 10.5. The minimum Gasteiger partial charge on any atom is -0.476 e. The maximum Gasteiger partial charge on any atom is 0.356 e. The van der Waals surface area contributed by atoms with Gasteiger partial charge in [0.25, 0.3) is 5.89 Å². The zero-order chi connectivity index (χ0) is 53.8. The van der Waals surface area contributed by atoms with Crippen LogP contribution in [0.1, 0.15) is 23.2 Å². The summed E-state index contributed by atoms with van der Waals surface area (Å²) >= 11 is 39.0. The molecule has 74 heavy (non-hydrogen) atoms. The van der Waals surface area contributed by atoms with E-state index < -0.39 is 25.6 Å². The summed E-state index contributed by atoms with van der Waals surface area (Å²) in [6, 6.07) is 33.8. The van der Waals surface area contributed by atoms with Crippen molar-refractivity contribution in [2.45, 2.75) is 23.6 Å². The van der Waals surface area contributed by atoms with Gasteiger partial charge in [-0.1, -0.05) is 128 Å². The Kier molecular flexibility index (Phi) is 16.9. The monoisotopic (exact) mass is 1150 g/mol. The van der Waals surface area contributed by atoms with E-state index in [1.165, 1.54) is 30.0 Å². The van der Waals surface area contributed by atoms with Crippen LogP contribution in [0.3, 0.4) is 0 Å². The van der Waals surface area contributed by atoms with Crippen LogP contribution in [0.15, 0.2) is 153 Å². The molecule has 0 fully saturated rings. The lowest BCUT2D eigenvalue weighted by Gasteiger charge is -2.13. The zero-order valence-corrected chi connectivity index (χ0v) is 45.0. The molecule has 3 aromatic heterocycles. The Labute approximate surface area is 454 Å². The summed E-state index contributed by atoms with van der Waals surface area (Å²) in [5.41, 5.74) is 9.75. The van der Waals surface area contributed by atoms with Crippen molar-refractivity contribution in [3.05, 3.63) is 175 Å². The lowest BCUT2D eigenvalue weighted by Crippen LogP contribution is -2.03. The minimum absolute atomic E-state index is 0.185. The van der Waals surface area contributed by atoms with E-state index in [0.29, 0.717) is 81.6 Å². The summed E-state index contributed by atoms with van der Waals surface area (Å²) in [6.07, 6.45) is 5.36. The molecule has 0 amide bonds. The normalized spacial score (nSPS) is 11.6. The SMILES string of the molecule is C/C(N)=N/O.CS(=O)(=O)c1cccc(-c2ccc(-n3cc(C(=O)O)nc3-c3c(Cl)cccc3Cl)c(Cl)c2)c1.Cc1noc(-c2cn(-c3ccc(-c4cccc(S(C)(=O)=O)c4)cc3Cl)c(-c3c(Cl)cccc3Cl)n2)n1. The van der Waals surface area contributed by atoms with Gasteiger partial charge in [-0.3, -0.25) is 9.13 Å². The Balaban J connectivity index is 0.000000199. The lowest BCUT2D eigenvalue weighted by molar-refractivity contribution is 0.0691. The number of rotatable bonds is 10. The second kappa shape index (κ2) is 22.8. The number of hydrogen-bond acceptors (Lipinski definition) is 12. The molecule has 0 saturated carbocycles. The first-order valence-corrected chi connectivity index (χ1v) is 27.3. The van der Waals surface area contributed by atoms with Crippen molar-refractivity contribution in [2.24, 2.45) is 10.9 Å². The molecule has 0 radical (unpaired) electrons. The number of imidazole rings is 2. The van der Waals surface area contributed by atoms with Crippen LogP contribution in [0.5, 0.6) is 0 Å². The summed E-state index contributed by atoms with van der Waals surface area (Å²) in [4.78, 5) is 25.2. The Hall–Kier alpha value is -6.74. The van der Waals surface area contributed by atoms with E-state index in [0.717, 1.165) is 11.8 Å². The smallest absolute Gasteiger partial charge is 0.356 e. The van der Waals surface area contributed by atoms with Crippen LogP contribution < -0.4 is 5.73 Å². The van der Waals surface area contributed by atoms with Gasteiger partial charge in [0, 0.05) is 24.9 Å². The average molecular weight is 1160 g/mol. The van der Waals surface area contributed by atoms with Gasteiger partial charge in [-0.15, -0.1) is 0 Å². The fourth-order valence-corrected chi connectivity index (χ4v) is 10.1. The lowest BCUT2D eigenvalue weighted by atomic mass is 10.1. The number of carboxylic acids is 1.